The minimum Gasteiger partial charge on any atom is -0.329 e. The standard InChI is InChI=1S/C8H7N3O/c12-8-5-4-6(11(8)7(4)5)3-1-2-9-10-3/h1-2,4-7H,(H,9,10)/t4?,5?,6-,7?/m0/s1. The average Bonchev–Trinajstić information content (AvgIpc) is 2.42. The number of carbonyl (C=O) groups excluding carboxylic acids is 1. The number of amides is 1. The summed E-state index contributed by atoms with van der Waals surface area (Å²) in [5.74, 6) is 1.34. The van der Waals surface area contributed by atoms with E-state index in [0.29, 0.717) is 29.8 Å². The molecule has 3 fully saturated rings. The third-order valence-corrected chi connectivity index (χ3v) is 3.39. The zero-order valence-corrected chi connectivity index (χ0v) is 6.27. The van der Waals surface area contributed by atoms with Gasteiger partial charge in [-0.25, -0.2) is 0 Å². The summed E-state index contributed by atoms with van der Waals surface area (Å²) < 4.78 is 0. The summed E-state index contributed by atoms with van der Waals surface area (Å²) >= 11 is 0. The molecule has 0 bridgehead atoms. The molecule has 4 atom stereocenters. The van der Waals surface area contributed by atoms with Crippen LogP contribution in [-0.2, 0) is 4.79 Å². The van der Waals surface area contributed by atoms with E-state index < -0.39 is 0 Å². The van der Waals surface area contributed by atoms with E-state index in [9.17, 15) is 4.79 Å². The first kappa shape index (κ1) is 5.35. The van der Waals surface area contributed by atoms with E-state index in [1.807, 2.05) is 17.2 Å². The molecular formula is C8H7N3O. The van der Waals surface area contributed by atoms with Crippen molar-refractivity contribution in [3.8, 4) is 0 Å². The van der Waals surface area contributed by atoms with Crippen LogP contribution in [-0.4, -0.2) is 27.0 Å². The molecule has 4 heteroatoms. The molecule has 2 aliphatic heterocycles. The first-order valence-corrected chi connectivity index (χ1v) is 4.21. The van der Waals surface area contributed by atoms with Gasteiger partial charge in [0.25, 0.3) is 0 Å². The smallest absolute Gasteiger partial charge is 0.229 e. The van der Waals surface area contributed by atoms with Crippen molar-refractivity contribution >= 4 is 5.91 Å². The first-order chi connectivity index (χ1) is 5.89. The quantitative estimate of drug-likeness (QED) is 0.586. The predicted molar refractivity (Wildman–Crippen MR) is 38.9 cm³/mol. The van der Waals surface area contributed by atoms with E-state index in [0.717, 1.165) is 5.69 Å². The Balaban J connectivity index is 1.78. The van der Waals surface area contributed by atoms with Gasteiger partial charge in [0.2, 0.25) is 5.91 Å². The third kappa shape index (κ3) is 0.325. The molecule has 0 spiro atoms. The van der Waals surface area contributed by atoms with Gasteiger partial charge >= 0.3 is 0 Å². The van der Waals surface area contributed by atoms with Crippen LogP contribution in [0.4, 0.5) is 0 Å². The SMILES string of the molecule is O=C1C2C3C2N1[C@H]3c1cc[nH]n1. The van der Waals surface area contributed by atoms with Crippen LogP contribution >= 0.6 is 0 Å². The predicted octanol–water partition coefficient (Wildman–Crippen LogP) is -0.0788. The molecule has 0 radical (unpaired) electrons. The average molecular weight is 161 g/mol. The lowest BCUT2D eigenvalue weighted by molar-refractivity contribution is -0.144. The van der Waals surface area contributed by atoms with Gasteiger partial charge in [0.15, 0.2) is 0 Å². The largest absolute Gasteiger partial charge is 0.329 e. The number of piperidine rings is 1. The van der Waals surface area contributed by atoms with Crippen molar-refractivity contribution in [2.75, 3.05) is 0 Å². The maximum atomic E-state index is 11.2. The van der Waals surface area contributed by atoms with Gasteiger partial charge in [-0.15, -0.1) is 0 Å². The highest BCUT2D eigenvalue weighted by atomic mass is 16.2. The van der Waals surface area contributed by atoms with Gasteiger partial charge in [-0.3, -0.25) is 9.89 Å². The summed E-state index contributed by atoms with van der Waals surface area (Å²) in [5.41, 5.74) is 1.03. The Kier molecular flexibility index (Phi) is 0.580. The minimum absolute atomic E-state index is 0.318. The van der Waals surface area contributed by atoms with Gasteiger partial charge in [-0.05, 0) is 6.07 Å². The fourth-order valence-electron chi connectivity index (χ4n) is 2.79. The lowest BCUT2D eigenvalue weighted by Crippen LogP contribution is -2.50. The summed E-state index contributed by atoms with van der Waals surface area (Å²) in [6, 6.07) is 2.89. The van der Waals surface area contributed by atoms with Crippen molar-refractivity contribution in [3.05, 3.63) is 18.0 Å². The second-order valence-corrected chi connectivity index (χ2v) is 3.78. The number of aromatic amines is 1. The Labute approximate surface area is 68.6 Å². The number of aromatic nitrogens is 2. The fraction of sp³-hybridized carbons (Fsp3) is 0.500. The lowest BCUT2D eigenvalue weighted by Gasteiger charge is -2.40. The van der Waals surface area contributed by atoms with E-state index in [2.05, 4.69) is 10.2 Å². The third-order valence-electron chi connectivity index (χ3n) is 3.39. The Bertz CT molecular complexity index is 372. The number of nitrogens with one attached hydrogen (secondary N) is 1. The second-order valence-electron chi connectivity index (χ2n) is 3.78. The van der Waals surface area contributed by atoms with Crippen molar-refractivity contribution in [2.45, 2.75) is 12.1 Å². The molecule has 4 nitrogen and oxygen atoms in total. The van der Waals surface area contributed by atoms with Crippen LogP contribution in [0.3, 0.4) is 0 Å². The van der Waals surface area contributed by atoms with Gasteiger partial charge in [-0.1, -0.05) is 0 Å². The zero-order valence-electron chi connectivity index (χ0n) is 6.27. The van der Waals surface area contributed by atoms with E-state index in [-0.39, 0.29) is 0 Å². The van der Waals surface area contributed by atoms with Gasteiger partial charge < -0.3 is 4.90 Å². The molecular weight excluding hydrogens is 154 g/mol. The molecule has 0 aromatic carbocycles. The molecule has 1 aliphatic carbocycles. The minimum atomic E-state index is 0.318. The maximum Gasteiger partial charge on any atom is 0.229 e. The number of carbonyl (C=O) groups is 1. The lowest BCUT2D eigenvalue weighted by atomic mass is 10.0. The van der Waals surface area contributed by atoms with E-state index in [1.54, 1.807) is 0 Å². The molecule has 1 saturated carbocycles. The van der Waals surface area contributed by atoms with Crippen LogP contribution in [0.2, 0.25) is 0 Å². The highest BCUT2D eigenvalue weighted by Gasteiger charge is 2.83. The van der Waals surface area contributed by atoms with Crippen molar-refractivity contribution in [1.29, 1.82) is 0 Å². The first-order valence-electron chi connectivity index (χ1n) is 4.21. The van der Waals surface area contributed by atoms with Crippen LogP contribution in [0.15, 0.2) is 12.3 Å². The second kappa shape index (κ2) is 1.30. The highest BCUT2D eigenvalue weighted by Crippen LogP contribution is 2.72. The van der Waals surface area contributed by atoms with Gasteiger partial charge in [0, 0.05) is 12.1 Å². The fourth-order valence-corrected chi connectivity index (χ4v) is 2.79. The van der Waals surface area contributed by atoms with Crippen molar-refractivity contribution in [3.63, 3.8) is 0 Å². The number of β-lactam (4-membered cyclic amide) rings is 1. The highest BCUT2D eigenvalue weighted by molar-refractivity contribution is 5.96. The van der Waals surface area contributed by atoms with E-state index in [1.165, 1.54) is 0 Å². The molecule has 1 aromatic rings. The van der Waals surface area contributed by atoms with Crippen molar-refractivity contribution in [2.24, 2.45) is 11.8 Å². The molecule has 1 N–H and O–H groups in total. The molecule has 12 heavy (non-hydrogen) atoms. The Hall–Kier alpha value is -1.32. The summed E-state index contributed by atoms with van der Waals surface area (Å²) in [5, 5.41) is 6.89. The maximum absolute atomic E-state index is 11.2. The Morgan fingerprint density at radius 3 is 3.00 bits per heavy atom. The van der Waals surface area contributed by atoms with E-state index in [4.69, 9.17) is 0 Å². The summed E-state index contributed by atoms with van der Waals surface area (Å²) in [7, 11) is 0. The zero-order chi connectivity index (χ0) is 7.87. The topological polar surface area (TPSA) is 49.0 Å². The summed E-state index contributed by atoms with van der Waals surface area (Å²) in [6.07, 6.45) is 1.81. The van der Waals surface area contributed by atoms with Gasteiger partial charge in [0.05, 0.1) is 23.7 Å². The van der Waals surface area contributed by atoms with Crippen LogP contribution < -0.4 is 0 Å². The van der Waals surface area contributed by atoms with Crippen molar-refractivity contribution < 1.29 is 4.79 Å². The number of H-pyrrole nitrogens is 1. The van der Waals surface area contributed by atoms with Gasteiger partial charge in [-0.2, -0.15) is 5.10 Å². The normalized spacial score (nSPS) is 46.3. The number of rotatable bonds is 1. The van der Waals surface area contributed by atoms with Crippen molar-refractivity contribution in [1.82, 2.24) is 15.1 Å². The molecule has 2 saturated heterocycles. The molecule has 3 unspecified atom stereocenters. The Morgan fingerprint density at radius 2 is 2.50 bits per heavy atom. The summed E-state index contributed by atoms with van der Waals surface area (Å²) in [4.78, 5) is 13.2. The molecule has 3 heterocycles. The van der Waals surface area contributed by atoms with E-state index >= 15 is 0 Å². The number of hydrogen-bond donors (Lipinski definition) is 1. The molecule has 1 amide bonds. The number of nitrogens with zero attached hydrogens (tertiary/aromatic N) is 2. The molecule has 3 aliphatic rings. The molecule has 60 valence electrons. The Morgan fingerprint density at radius 1 is 1.58 bits per heavy atom. The van der Waals surface area contributed by atoms with Crippen LogP contribution in [0.5, 0.6) is 0 Å². The molecule has 4 rings (SSSR count). The monoisotopic (exact) mass is 161 g/mol. The molecule has 1 aromatic heterocycles. The van der Waals surface area contributed by atoms with Crippen LogP contribution in [0.1, 0.15) is 11.7 Å². The number of fused-ring (bicyclic) bond motifs is 1. The van der Waals surface area contributed by atoms with Gasteiger partial charge in [0.1, 0.15) is 0 Å². The summed E-state index contributed by atoms with van der Waals surface area (Å²) in [6.45, 7) is 0. The number of hydrogen-bond acceptors (Lipinski definition) is 2. The van der Waals surface area contributed by atoms with Crippen LogP contribution in [0.25, 0.3) is 0 Å². The van der Waals surface area contributed by atoms with Crippen LogP contribution in [0, 0.1) is 11.8 Å².